The molecule has 1 amide bonds. The number of hydrogen-bond acceptors (Lipinski definition) is 5. The first-order valence-corrected chi connectivity index (χ1v) is 9.52. The van der Waals surface area contributed by atoms with Crippen molar-refractivity contribution in [3.63, 3.8) is 0 Å². The van der Waals surface area contributed by atoms with E-state index in [4.69, 9.17) is 9.47 Å². The van der Waals surface area contributed by atoms with Crippen molar-refractivity contribution in [2.75, 3.05) is 27.4 Å². The van der Waals surface area contributed by atoms with Crippen LogP contribution in [0.1, 0.15) is 15.9 Å². The SMILES string of the molecule is COCCNC(=O)c1ccc2c(c1)n(Cc1ccc(OC)cc1)c(=O)c1ccnn12. The largest absolute Gasteiger partial charge is 0.497 e. The second kappa shape index (κ2) is 8.38. The summed E-state index contributed by atoms with van der Waals surface area (Å²) in [6.07, 6.45) is 1.60. The molecule has 0 bridgehead atoms. The van der Waals surface area contributed by atoms with Gasteiger partial charge in [0.2, 0.25) is 0 Å². The predicted octanol–water partition coefficient (Wildman–Crippen LogP) is 2.08. The number of hydrogen-bond donors (Lipinski definition) is 1. The van der Waals surface area contributed by atoms with E-state index in [9.17, 15) is 9.59 Å². The van der Waals surface area contributed by atoms with Crippen LogP contribution < -0.4 is 15.6 Å². The van der Waals surface area contributed by atoms with E-state index in [-0.39, 0.29) is 11.5 Å². The van der Waals surface area contributed by atoms with Gasteiger partial charge in [0.1, 0.15) is 11.3 Å². The number of carbonyl (C=O) groups is 1. The lowest BCUT2D eigenvalue weighted by Gasteiger charge is -2.14. The topological polar surface area (TPSA) is 86.9 Å². The summed E-state index contributed by atoms with van der Waals surface area (Å²) in [5.74, 6) is 0.523. The van der Waals surface area contributed by atoms with E-state index in [1.54, 1.807) is 47.7 Å². The Bertz CT molecular complexity index is 1260. The Morgan fingerprint density at radius 3 is 2.57 bits per heavy atom. The lowest BCUT2D eigenvalue weighted by Crippen LogP contribution is -2.27. The quantitative estimate of drug-likeness (QED) is 0.475. The molecule has 1 N–H and O–H groups in total. The average Bonchev–Trinajstić information content (AvgIpc) is 3.27. The number of nitrogens with zero attached hydrogens (tertiary/aromatic N) is 3. The summed E-state index contributed by atoms with van der Waals surface area (Å²) < 4.78 is 13.5. The van der Waals surface area contributed by atoms with Crippen LogP contribution in [0.3, 0.4) is 0 Å². The summed E-state index contributed by atoms with van der Waals surface area (Å²) >= 11 is 0. The Labute approximate surface area is 172 Å². The first-order chi connectivity index (χ1) is 14.6. The minimum atomic E-state index is -0.224. The highest BCUT2D eigenvalue weighted by Gasteiger charge is 2.15. The van der Waals surface area contributed by atoms with Crippen molar-refractivity contribution in [3.05, 3.63) is 76.2 Å². The van der Waals surface area contributed by atoms with Crippen LogP contribution in [0.25, 0.3) is 16.6 Å². The Balaban J connectivity index is 1.82. The normalized spacial score (nSPS) is 11.1. The summed E-state index contributed by atoms with van der Waals surface area (Å²) in [6, 6.07) is 14.5. The molecular formula is C22H22N4O4. The fraction of sp³-hybridized carbons (Fsp3) is 0.227. The van der Waals surface area contributed by atoms with Gasteiger partial charge in [0.05, 0.1) is 37.5 Å². The van der Waals surface area contributed by atoms with Gasteiger partial charge >= 0.3 is 0 Å². The molecule has 0 aliphatic heterocycles. The molecule has 0 radical (unpaired) electrons. The number of nitrogens with one attached hydrogen (secondary N) is 1. The van der Waals surface area contributed by atoms with Crippen molar-refractivity contribution in [3.8, 4) is 5.75 Å². The molecule has 8 heteroatoms. The molecule has 4 aromatic rings. The van der Waals surface area contributed by atoms with Gasteiger partial charge in [-0.1, -0.05) is 12.1 Å². The molecule has 0 saturated carbocycles. The molecule has 4 rings (SSSR count). The zero-order chi connectivity index (χ0) is 21.1. The van der Waals surface area contributed by atoms with Crippen molar-refractivity contribution in [1.29, 1.82) is 0 Å². The number of amides is 1. The maximum atomic E-state index is 13.2. The molecule has 154 valence electrons. The van der Waals surface area contributed by atoms with Gasteiger partial charge in [-0.2, -0.15) is 5.10 Å². The molecule has 0 atom stereocenters. The van der Waals surface area contributed by atoms with E-state index in [0.29, 0.717) is 36.3 Å². The first-order valence-electron chi connectivity index (χ1n) is 9.52. The van der Waals surface area contributed by atoms with Crippen LogP contribution in [0.15, 0.2) is 59.5 Å². The predicted molar refractivity (Wildman–Crippen MR) is 113 cm³/mol. The molecule has 0 saturated heterocycles. The van der Waals surface area contributed by atoms with E-state index >= 15 is 0 Å². The second-order valence-electron chi connectivity index (χ2n) is 6.82. The van der Waals surface area contributed by atoms with Crippen LogP contribution in [0.5, 0.6) is 5.75 Å². The number of ether oxygens (including phenoxy) is 2. The number of rotatable bonds is 7. The second-order valence-corrected chi connectivity index (χ2v) is 6.82. The maximum Gasteiger partial charge on any atom is 0.277 e. The smallest absolute Gasteiger partial charge is 0.277 e. The summed E-state index contributed by atoms with van der Waals surface area (Å²) in [7, 11) is 3.19. The molecule has 2 heterocycles. The number of fused-ring (bicyclic) bond motifs is 3. The fourth-order valence-corrected chi connectivity index (χ4v) is 3.40. The molecule has 30 heavy (non-hydrogen) atoms. The van der Waals surface area contributed by atoms with E-state index in [1.165, 1.54) is 0 Å². The summed E-state index contributed by atoms with van der Waals surface area (Å²) in [5.41, 5.74) is 3.09. The molecule has 0 spiro atoms. The number of aromatic nitrogens is 3. The lowest BCUT2D eigenvalue weighted by atomic mass is 10.1. The van der Waals surface area contributed by atoms with Gasteiger partial charge in [-0.15, -0.1) is 0 Å². The van der Waals surface area contributed by atoms with Gasteiger partial charge in [0.25, 0.3) is 11.5 Å². The standard InChI is InChI=1S/C22H22N4O4/c1-29-12-11-23-21(27)16-5-8-18-20(13-16)25(22(28)19-9-10-24-26(18)19)14-15-3-6-17(30-2)7-4-15/h3-10,13H,11-12,14H2,1-2H3,(H,23,27). The molecule has 0 aliphatic carbocycles. The van der Waals surface area contributed by atoms with Gasteiger partial charge in [-0.3, -0.25) is 9.59 Å². The number of carbonyl (C=O) groups excluding carboxylic acids is 1. The van der Waals surface area contributed by atoms with Gasteiger partial charge in [0, 0.05) is 19.2 Å². The Kier molecular flexibility index (Phi) is 5.49. The lowest BCUT2D eigenvalue weighted by molar-refractivity contribution is 0.0937. The number of benzene rings is 2. The van der Waals surface area contributed by atoms with Crippen LogP contribution in [0.2, 0.25) is 0 Å². The van der Waals surface area contributed by atoms with E-state index in [1.807, 2.05) is 30.3 Å². The molecule has 0 fully saturated rings. The zero-order valence-corrected chi connectivity index (χ0v) is 16.8. The van der Waals surface area contributed by atoms with Crippen LogP contribution in [0, 0.1) is 0 Å². The fourth-order valence-electron chi connectivity index (χ4n) is 3.40. The van der Waals surface area contributed by atoms with E-state index in [2.05, 4.69) is 10.4 Å². The Morgan fingerprint density at radius 1 is 1.03 bits per heavy atom. The molecule has 0 unspecified atom stereocenters. The molecule has 0 aliphatic rings. The first kappa shape index (κ1) is 19.7. The van der Waals surface area contributed by atoms with Crippen LogP contribution in [-0.2, 0) is 11.3 Å². The Morgan fingerprint density at radius 2 is 1.83 bits per heavy atom. The summed E-state index contributed by atoms with van der Waals surface area (Å²) in [4.78, 5) is 25.7. The minimum Gasteiger partial charge on any atom is -0.497 e. The monoisotopic (exact) mass is 406 g/mol. The van der Waals surface area contributed by atoms with Gasteiger partial charge < -0.3 is 19.4 Å². The highest BCUT2D eigenvalue weighted by molar-refractivity contribution is 5.97. The van der Waals surface area contributed by atoms with Crippen molar-refractivity contribution in [2.24, 2.45) is 0 Å². The van der Waals surface area contributed by atoms with Gasteiger partial charge in [-0.25, -0.2) is 4.52 Å². The van der Waals surface area contributed by atoms with Crippen molar-refractivity contribution < 1.29 is 14.3 Å². The molecule has 2 aromatic heterocycles. The molecular weight excluding hydrogens is 384 g/mol. The highest BCUT2D eigenvalue weighted by atomic mass is 16.5. The third-order valence-corrected chi connectivity index (χ3v) is 4.96. The van der Waals surface area contributed by atoms with Crippen molar-refractivity contribution >= 4 is 22.5 Å². The zero-order valence-electron chi connectivity index (χ0n) is 16.8. The van der Waals surface area contributed by atoms with Crippen LogP contribution in [-0.4, -0.2) is 47.5 Å². The third-order valence-electron chi connectivity index (χ3n) is 4.96. The summed E-state index contributed by atoms with van der Waals surface area (Å²) in [5, 5.41) is 7.09. The highest BCUT2D eigenvalue weighted by Crippen LogP contribution is 2.19. The summed E-state index contributed by atoms with van der Waals surface area (Å²) in [6.45, 7) is 1.19. The van der Waals surface area contributed by atoms with Crippen LogP contribution >= 0.6 is 0 Å². The number of methoxy groups -OCH3 is 2. The molecule has 2 aromatic carbocycles. The van der Waals surface area contributed by atoms with Crippen molar-refractivity contribution in [2.45, 2.75) is 6.54 Å². The Hall–Kier alpha value is -3.65. The van der Waals surface area contributed by atoms with Gasteiger partial charge in [0.15, 0.2) is 0 Å². The van der Waals surface area contributed by atoms with Crippen molar-refractivity contribution in [1.82, 2.24) is 19.5 Å². The van der Waals surface area contributed by atoms with Crippen LogP contribution in [0.4, 0.5) is 0 Å². The minimum absolute atomic E-state index is 0.173. The van der Waals surface area contributed by atoms with E-state index in [0.717, 1.165) is 16.8 Å². The van der Waals surface area contributed by atoms with E-state index < -0.39 is 0 Å². The maximum absolute atomic E-state index is 13.2. The van der Waals surface area contributed by atoms with Gasteiger partial charge in [-0.05, 0) is 42.0 Å². The molecule has 8 nitrogen and oxygen atoms in total. The third kappa shape index (κ3) is 3.65. The average molecular weight is 406 g/mol.